The molecule has 4 aromatic carbocycles. The molecule has 0 bridgehead atoms. The summed E-state index contributed by atoms with van der Waals surface area (Å²) in [5, 5.41) is 0. The van der Waals surface area contributed by atoms with Gasteiger partial charge in [-0.3, -0.25) is 4.79 Å². The molecule has 1 spiro atoms. The van der Waals surface area contributed by atoms with Crippen LogP contribution in [0.5, 0.6) is 0 Å². The molecule has 1 aliphatic heterocycles. The summed E-state index contributed by atoms with van der Waals surface area (Å²) in [5.74, 6) is -0.263. The highest BCUT2D eigenvalue weighted by Crippen LogP contribution is 2.60. The van der Waals surface area contributed by atoms with Crippen LogP contribution in [0.1, 0.15) is 52.0 Å². The summed E-state index contributed by atoms with van der Waals surface area (Å²) in [6.45, 7) is 8.79. The molecule has 2 aliphatic rings. The van der Waals surface area contributed by atoms with Crippen LogP contribution >= 0.6 is 0 Å². The van der Waals surface area contributed by atoms with Gasteiger partial charge in [-0.05, 0) is 59.9 Å². The average molecular weight is 510 g/mol. The molecule has 0 fully saturated rings. The van der Waals surface area contributed by atoms with Crippen LogP contribution in [-0.2, 0) is 5.41 Å². The molecule has 0 aromatic heterocycles. The molecular formula is C37H35NO. The van der Waals surface area contributed by atoms with Gasteiger partial charge in [0.25, 0.3) is 0 Å². The molecule has 2 nitrogen and oxygen atoms in total. The van der Waals surface area contributed by atoms with E-state index >= 15 is 0 Å². The number of rotatable bonds is 4. The Morgan fingerprint density at radius 3 is 1.95 bits per heavy atom. The van der Waals surface area contributed by atoms with E-state index in [-0.39, 0.29) is 11.2 Å². The first-order chi connectivity index (χ1) is 18.7. The fraction of sp³-hybridized carbons (Fsp3) is 0.216. The molecule has 4 aromatic rings. The summed E-state index contributed by atoms with van der Waals surface area (Å²) < 4.78 is 0. The standard InChI is InChI=1S/C37H35NO/c1-25-15-19-27(20-16-25)30-23-31(28-11-7-6-8-12-28)34(35(39)29-21-17-26(2)18-22-29)37(24-30)36(3,4)32-13-9-10-14-33(32)38(37)5/h6-24,34H,1-5H3/t34-,37+/m1/s1. The van der Waals surface area contributed by atoms with Crippen molar-refractivity contribution in [3.63, 3.8) is 0 Å². The van der Waals surface area contributed by atoms with Crippen LogP contribution in [0.4, 0.5) is 5.69 Å². The third-order valence-corrected chi connectivity index (χ3v) is 9.02. The van der Waals surface area contributed by atoms with Crippen molar-refractivity contribution in [2.24, 2.45) is 5.92 Å². The molecule has 0 radical (unpaired) electrons. The van der Waals surface area contributed by atoms with Crippen molar-refractivity contribution >= 4 is 22.6 Å². The number of hydrogen-bond donors (Lipinski definition) is 0. The number of nitrogens with zero attached hydrogens (tertiary/aromatic N) is 1. The van der Waals surface area contributed by atoms with E-state index in [0.717, 1.165) is 33.4 Å². The normalized spacial score (nSPS) is 21.4. The van der Waals surface area contributed by atoms with Crippen LogP contribution < -0.4 is 4.90 Å². The molecule has 6 rings (SSSR count). The Kier molecular flexibility index (Phi) is 5.95. The van der Waals surface area contributed by atoms with Gasteiger partial charge in [0.15, 0.2) is 5.78 Å². The van der Waals surface area contributed by atoms with E-state index in [9.17, 15) is 4.79 Å². The van der Waals surface area contributed by atoms with E-state index in [0.29, 0.717) is 0 Å². The second-order valence-corrected chi connectivity index (χ2v) is 11.6. The number of para-hydroxylation sites is 1. The molecule has 2 heteroatoms. The molecular weight excluding hydrogens is 474 g/mol. The third-order valence-electron chi connectivity index (χ3n) is 9.02. The second kappa shape index (κ2) is 9.24. The number of anilines is 1. The topological polar surface area (TPSA) is 20.3 Å². The lowest BCUT2D eigenvalue weighted by Gasteiger charge is -2.52. The highest BCUT2D eigenvalue weighted by molar-refractivity contribution is 6.10. The van der Waals surface area contributed by atoms with Crippen molar-refractivity contribution in [2.75, 3.05) is 11.9 Å². The Morgan fingerprint density at radius 1 is 0.718 bits per heavy atom. The van der Waals surface area contributed by atoms with Gasteiger partial charge in [0, 0.05) is 23.7 Å². The number of hydrogen-bond acceptors (Lipinski definition) is 2. The van der Waals surface area contributed by atoms with E-state index in [1.54, 1.807) is 0 Å². The predicted molar refractivity (Wildman–Crippen MR) is 163 cm³/mol. The second-order valence-electron chi connectivity index (χ2n) is 11.6. The fourth-order valence-electron chi connectivity index (χ4n) is 6.83. The van der Waals surface area contributed by atoms with Crippen LogP contribution in [0.15, 0.2) is 115 Å². The Morgan fingerprint density at radius 2 is 1.31 bits per heavy atom. The van der Waals surface area contributed by atoms with Gasteiger partial charge in [-0.25, -0.2) is 0 Å². The van der Waals surface area contributed by atoms with Gasteiger partial charge >= 0.3 is 0 Å². The predicted octanol–water partition coefficient (Wildman–Crippen LogP) is 8.45. The van der Waals surface area contributed by atoms with Gasteiger partial charge in [-0.15, -0.1) is 0 Å². The number of Topliss-reactive ketones (excluding diaryl/α,β-unsaturated/α-hetero) is 1. The average Bonchev–Trinajstić information content (AvgIpc) is 3.12. The Labute approximate surface area is 232 Å². The van der Waals surface area contributed by atoms with E-state index in [1.807, 2.05) is 30.3 Å². The third kappa shape index (κ3) is 3.81. The van der Waals surface area contributed by atoms with Gasteiger partial charge < -0.3 is 4.90 Å². The molecule has 0 unspecified atom stereocenters. The minimum atomic E-state index is -0.626. The lowest BCUT2D eigenvalue weighted by atomic mass is 9.57. The maximum atomic E-state index is 14.8. The maximum absolute atomic E-state index is 14.8. The number of fused-ring (bicyclic) bond motifs is 1. The highest BCUT2D eigenvalue weighted by atomic mass is 16.1. The zero-order chi connectivity index (χ0) is 27.4. The van der Waals surface area contributed by atoms with Crippen molar-refractivity contribution in [2.45, 2.75) is 38.6 Å². The van der Waals surface area contributed by atoms with Crippen molar-refractivity contribution < 1.29 is 4.79 Å². The minimum Gasteiger partial charge on any atom is -0.363 e. The van der Waals surface area contributed by atoms with Gasteiger partial charge in [-0.1, -0.05) is 122 Å². The van der Waals surface area contributed by atoms with Crippen molar-refractivity contribution in [1.82, 2.24) is 0 Å². The Hall–Kier alpha value is -4.17. The van der Waals surface area contributed by atoms with Crippen molar-refractivity contribution in [3.8, 4) is 0 Å². The minimum absolute atomic E-state index is 0.150. The summed E-state index contributed by atoms with van der Waals surface area (Å²) in [6.07, 6.45) is 4.65. The quantitative estimate of drug-likeness (QED) is 0.257. The first-order valence-electron chi connectivity index (χ1n) is 13.8. The first kappa shape index (κ1) is 25.1. The van der Waals surface area contributed by atoms with Crippen LogP contribution in [0, 0.1) is 19.8 Å². The fourth-order valence-corrected chi connectivity index (χ4v) is 6.83. The SMILES string of the molecule is Cc1ccc(C(=O)[C@H]2C(c3ccccc3)=CC(c3ccc(C)cc3)=C[C@]23N(C)c2ccccc2C3(C)C)cc1. The first-order valence-corrected chi connectivity index (χ1v) is 13.8. The number of carbonyl (C=O) groups excluding carboxylic acids is 1. The summed E-state index contributed by atoms with van der Waals surface area (Å²) >= 11 is 0. The lowest BCUT2D eigenvalue weighted by Crippen LogP contribution is -2.61. The maximum Gasteiger partial charge on any atom is 0.173 e. The summed E-state index contributed by atoms with van der Waals surface area (Å²) in [7, 11) is 2.17. The van der Waals surface area contributed by atoms with E-state index < -0.39 is 11.5 Å². The number of benzene rings is 4. The molecule has 194 valence electrons. The van der Waals surface area contributed by atoms with Crippen LogP contribution in [0.3, 0.4) is 0 Å². The molecule has 0 amide bonds. The van der Waals surface area contributed by atoms with E-state index in [4.69, 9.17) is 0 Å². The van der Waals surface area contributed by atoms with Crippen molar-refractivity contribution in [1.29, 1.82) is 0 Å². The molecule has 1 heterocycles. The summed E-state index contributed by atoms with van der Waals surface area (Å²) in [4.78, 5) is 17.2. The number of ketones is 1. The molecule has 0 N–H and O–H groups in total. The van der Waals surface area contributed by atoms with Crippen molar-refractivity contribution in [3.05, 3.63) is 149 Å². The van der Waals surface area contributed by atoms with Gasteiger partial charge in [0.2, 0.25) is 0 Å². The summed E-state index contributed by atoms with van der Waals surface area (Å²) in [5.41, 5.74) is 9.05. The molecule has 39 heavy (non-hydrogen) atoms. The molecule has 1 aliphatic carbocycles. The monoisotopic (exact) mass is 509 g/mol. The van der Waals surface area contributed by atoms with Crippen LogP contribution in [-0.4, -0.2) is 18.4 Å². The van der Waals surface area contributed by atoms with Gasteiger partial charge in [0.05, 0.1) is 11.5 Å². The summed E-state index contributed by atoms with van der Waals surface area (Å²) in [6, 6.07) is 35.9. The largest absolute Gasteiger partial charge is 0.363 e. The zero-order valence-corrected chi connectivity index (χ0v) is 23.4. The van der Waals surface area contributed by atoms with Crippen LogP contribution in [0.25, 0.3) is 11.1 Å². The number of carbonyl (C=O) groups is 1. The van der Waals surface area contributed by atoms with Gasteiger partial charge in [-0.2, -0.15) is 0 Å². The smallest absolute Gasteiger partial charge is 0.173 e. The zero-order valence-electron chi connectivity index (χ0n) is 23.4. The number of allylic oxidation sites excluding steroid dienone is 2. The van der Waals surface area contributed by atoms with E-state index in [2.05, 4.69) is 125 Å². The highest BCUT2D eigenvalue weighted by Gasteiger charge is 2.62. The molecule has 0 saturated carbocycles. The Balaban J connectivity index is 1.67. The van der Waals surface area contributed by atoms with E-state index in [1.165, 1.54) is 16.8 Å². The van der Waals surface area contributed by atoms with Crippen LogP contribution in [0.2, 0.25) is 0 Å². The molecule has 0 saturated heterocycles. The lowest BCUT2D eigenvalue weighted by molar-refractivity contribution is 0.0885. The number of aryl methyl sites for hydroxylation is 2. The number of likely N-dealkylation sites (N-methyl/N-ethyl adjacent to an activating group) is 1. The van der Waals surface area contributed by atoms with Gasteiger partial charge in [0.1, 0.15) is 0 Å². The molecule has 2 atom stereocenters. The Bertz CT molecular complexity index is 1610.